The first-order chi connectivity index (χ1) is 13.7. The van der Waals surface area contributed by atoms with Gasteiger partial charge in [0.2, 0.25) is 5.89 Å². The average molecular weight is 380 g/mol. The molecule has 0 atom stereocenters. The van der Waals surface area contributed by atoms with Crippen LogP contribution in [0.3, 0.4) is 0 Å². The van der Waals surface area contributed by atoms with Crippen LogP contribution in [0.15, 0.2) is 47.2 Å². The average Bonchev–Trinajstić information content (AvgIpc) is 3.47. The number of hydrogen-bond acceptors (Lipinski definition) is 5. The Hall–Kier alpha value is -2.47. The van der Waals surface area contributed by atoms with Crippen molar-refractivity contribution in [1.82, 2.24) is 24.8 Å². The molecule has 6 nitrogen and oxygen atoms in total. The summed E-state index contributed by atoms with van der Waals surface area (Å²) in [7, 11) is 0. The van der Waals surface area contributed by atoms with E-state index < -0.39 is 0 Å². The Labute approximate surface area is 166 Å². The van der Waals surface area contributed by atoms with Crippen LogP contribution in [0.25, 0.3) is 0 Å². The molecular weight excluding hydrogens is 350 g/mol. The van der Waals surface area contributed by atoms with Crippen molar-refractivity contribution in [3.8, 4) is 0 Å². The van der Waals surface area contributed by atoms with Crippen LogP contribution in [0.5, 0.6) is 0 Å². The van der Waals surface area contributed by atoms with Crippen LogP contribution in [-0.4, -0.2) is 37.9 Å². The molecule has 2 aromatic heterocycles. The normalized spacial score (nSPS) is 16.1. The first kappa shape index (κ1) is 18.9. The summed E-state index contributed by atoms with van der Waals surface area (Å²) in [6.07, 6.45) is 8.40. The van der Waals surface area contributed by atoms with Crippen LogP contribution in [0.1, 0.15) is 55.4 Å². The third-order valence-corrected chi connectivity index (χ3v) is 5.97. The number of rotatable bonds is 8. The van der Waals surface area contributed by atoms with Gasteiger partial charge in [0.25, 0.3) is 0 Å². The van der Waals surface area contributed by atoms with Crippen molar-refractivity contribution in [3.63, 3.8) is 0 Å². The SMILES string of the molecule is CCN(CCn1cccn1)Cc1nc(C2(c3ccc(C)cc3)CCCC2)no1. The monoisotopic (exact) mass is 379 g/mol. The van der Waals surface area contributed by atoms with E-state index in [1.165, 1.54) is 24.0 Å². The standard InChI is InChI=1S/C22H29N5O/c1-3-26(15-16-27-14-6-13-23-27)17-20-24-21(25-28-20)22(11-4-5-12-22)19-9-7-18(2)8-10-19/h6-10,13-14H,3-5,11-12,15-17H2,1-2H3. The van der Waals surface area contributed by atoms with Crippen LogP contribution in [0.2, 0.25) is 0 Å². The minimum atomic E-state index is -0.0957. The predicted octanol–water partition coefficient (Wildman–Crippen LogP) is 3.96. The number of hydrogen-bond donors (Lipinski definition) is 0. The highest BCUT2D eigenvalue weighted by molar-refractivity contribution is 5.35. The quantitative estimate of drug-likeness (QED) is 0.593. The second-order valence-electron chi connectivity index (χ2n) is 7.80. The largest absolute Gasteiger partial charge is 0.338 e. The van der Waals surface area contributed by atoms with Crippen molar-refractivity contribution in [2.75, 3.05) is 13.1 Å². The van der Waals surface area contributed by atoms with E-state index in [0.29, 0.717) is 12.4 Å². The molecule has 1 fully saturated rings. The van der Waals surface area contributed by atoms with Crippen LogP contribution in [0, 0.1) is 6.92 Å². The molecule has 0 radical (unpaired) electrons. The number of likely N-dealkylation sites (N-methyl/N-ethyl adjacent to an activating group) is 1. The zero-order valence-electron chi connectivity index (χ0n) is 16.8. The van der Waals surface area contributed by atoms with Crippen molar-refractivity contribution < 1.29 is 4.52 Å². The fraction of sp³-hybridized carbons (Fsp3) is 0.500. The van der Waals surface area contributed by atoms with Crippen molar-refractivity contribution in [3.05, 3.63) is 65.6 Å². The number of aromatic nitrogens is 4. The molecule has 0 spiro atoms. The molecule has 1 aliphatic rings. The molecule has 6 heteroatoms. The lowest BCUT2D eigenvalue weighted by Crippen LogP contribution is -2.28. The minimum absolute atomic E-state index is 0.0957. The Bertz CT molecular complexity index is 863. The Morgan fingerprint density at radius 2 is 1.96 bits per heavy atom. The molecule has 4 rings (SSSR count). The summed E-state index contributed by atoms with van der Waals surface area (Å²) in [4.78, 5) is 7.17. The summed E-state index contributed by atoms with van der Waals surface area (Å²) in [6, 6.07) is 10.8. The third kappa shape index (κ3) is 3.87. The van der Waals surface area contributed by atoms with Crippen molar-refractivity contribution in [2.45, 2.75) is 58.0 Å². The molecule has 0 saturated heterocycles. The van der Waals surface area contributed by atoms with E-state index in [-0.39, 0.29) is 5.41 Å². The van der Waals surface area contributed by atoms with Gasteiger partial charge in [0.1, 0.15) is 0 Å². The van der Waals surface area contributed by atoms with Crippen molar-refractivity contribution >= 4 is 0 Å². The molecule has 0 aliphatic heterocycles. The molecule has 28 heavy (non-hydrogen) atoms. The molecule has 0 amide bonds. The first-order valence-corrected chi connectivity index (χ1v) is 10.3. The van der Waals surface area contributed by atoms with Gasteiger partial charge in [-0.2, -0.15) is 10.1 Å². The zero-order chi connectivity index (χ0) is 19.4. The molecule has 148 valence electrons. The van der Waals surface area contributed by atoms with Gasteiger partial charge >= 0.3 is 0 Å². The van der Waals surface area contributed by atoms with Gasteiger partial charge in [-0.15, -0.1) is 0 Å². The van der Waals surface area contributed by atoms with Gasteiger partial charge in [-0.05, 0) is 37.9 Å². The summed E-state index contributed by atoms with van der Waals surface area (Å²) in [5.41, 5.74) is 2.50. The molecule has 0 bridgehead atoms. The summed E-state index contributed by atoms with van der Waals surface area (Å²) in [5, 5.41) is 8.71. The van der Waals surface area contributed by atoms with Gasteiger partial charge in [0.05, 0.1) is 18.5 Å². The summed E-state index contributed by atoms with van der Waals surface area (Å²) in [6.45, 7) is 7.65. The van der Waals surface area contributed by atoms with E-state index in [1.54, 1.807) is 0 Å². The second kappa shape index (κ2) is 8.27. The van der Waals surface area contributed by atoms with Gasteiger partial charge in [-0.3, -0.25) is 9.58 Å². The van der Waals surface area contributed by atoms with Crippen LogP contribution in [-0.2, 0) is 18.5 Å². The lowest BCUT2D eigenvalue weighted by molar-refractivity contribution is 0.225. The maximum atomic E-state index is 5.69. The molecule has 0 unspecified atom stereocenters. The Balaban J connectivity index is 1.49. The van der Waals surface area contributed by atoms with E-state index in [0.717, 1.165) is 38.3 Å². The highest BCUT2D eigenvalue weighted by atomic mass is 16.5. The highest BCUT2D eigenvalue weighted by Crippen LogP contribution is 2.45. The fourth-order valence-corrected chi connectivity index (χ4v) is 4.22. The number of nitrogens with zero attached hydrogens (tertiary/aromatic N) is 5. The van der Waals surface area contributed by atoms with E-state index in [9.17, 15) is 0 Å². The van der Waals surface area contributed by atoms with Gasteiger partial charge in [0.15, 0.2) is 5.82 Å². The Kier molecular flexibility index (Phi) is 5.57. The van der Waals surface area contributed by atoms with Gasteiger partial charge in [-0.25, -0.2) is 0 Å². The highest BCUT2D eigenvalue weighted by Gasteiger charge is 2.41. The molecule has 1 saturated carbocycles. The lowest BCUT2D eigenvalue weighted by atomic mass is 9.78. The molecule has 1 aliphatic carbocycles. The molecule has 1 aromatic carbocycles. The number of benzene rings is 1. The van der Waals surface area contributed by atoms with Crippen LogP contribution in [0.4, 0.5) is 0 Å². The van der Waals surface area contributed by atoms with Crippen molar-refractivity contribution in [2.24, 2.45) is 0 Å². The van der Waals surface area contributed by atoms with E-state index in [4.69, 9.17) is 9.51 Å². The van der Waals surface area contributed by atoms with E-state index >= 15 is 0 Å². The molecule has 0 N–H and O–H groups in total. The Morgan fingerprint density at radius 3 is 2.64 bits per heavy atom. The van der Waals surface area contributed by atoms with E-state index in [1.807, 2.05) is 23.1 Å². The summed E-state index contributed by atoms with van der Waals surface area (Å²) in [5.74, 6) is 1.56. The number of aryl methyl sites for hydroxylation is 1. The minimum Gasteiger partial charge on any atom is -0.338 e. The second-order valence-corrected chi connectivity index (χ2v) is 7.80. The maximum absolute atomic E-state index is 5.69. The maximum Gasteiger partial charge on any atom is 0.240 e. The van der Waals surface area contributed by atoms with Crippen LogP contribution < -0.4 is 0 Å². The summed E-state index contributed by atoms with van der Waals surface area (Å²) < 4.78 is 7.64. The smallest absolute Gasteiger partial charge is 0.240 e. The summed E-state index contributed by atoms with van der Waals surface area (Å²) >= 11 is 0. The third-order valence-electron chi connectivity index (χ3n) is 5.97. The first-order valence-electron chi connectivity index (χ1n) is 10.3. The van der Waals surface area contributed by atoms with Gasteiger partial charge < -0.3 is 4.52 Å². The predicted molar refractivity (Wildman–Crippen MR) is 108 cm³/mol. The van der Waals surface area contributed by atoms with Gasteiger partial charge in [-0.1, -0.05) is 54.8 Å². The lowest BCUT2D eigenvalue weighted by Gasteiger charge is -2.26. The van der Waals surface area contributed by atoms with E-state index in [2.05, 4.69) is 53.3 Å². The topological polar surface area (TPSA) is 60.0 Å². The molecular formula is C22H29N5O. The van der Waals surface area contributed by atoms with Crippen LogP contribution >= 0.6 is 0 Å². The zero-order valence-corrected chi connectivity index (χ0v) is 16.8. The Morgan fingerprint density at radius 1 is 1.18 bits per heavy atom. The molecule has 2 heterocycles. The molecule has 3 aromatic rings. The van der Waals surface area contributed by atoms with Gasteiger partial charge in [0, 0.05) is 18.9 Å². The fourth-order valence-electron chi connectivity index (χ4n) is 4.22. The van der Waals surface area contributed by atoms with Crippen molar-refractivity contribution in [1.29, 1.82) is 0 Å².